The number of ether oxygens (including phenoxy) is 1. The number of nitro benzene ring substituents is 1. The molecule has 0 heterocycles. The number of nitrogens with zero attached hydrogens (tertiary/aromatic N) is 2. The first-order chi connectivity index (χ1) is 9.35. The molecule has 1 aromatic carbocycles. The lowest BCUT2D eigenvalue weighted by Crippen LogP contribution is -2.26. The summed E-state index contributed by atoms with van der Waals surface area (Å²) in [5.41, 5.74) is -0.177. The third kappa shape index (κ3) is 3.36. The van der Waals surface area contributed by atoms with Crippen LogP contribution in [0.2, 0.25) is 0 Å². The van der Waals surface area contributed by atoms with Crippen molar-refractivity contribution in [3.8, 4) is 11.8 Å². The monoisotopic (exact) mass is 299 g/mol. The van der Waals surface area contributed by atoms with E-state index in [0.29, 0.717) is 0 Å². The summed E-state index contributed by atoms with van der Waals surface area (Å²) in [6, 6.07) is 5.15. The predicted octanol–water partition coefficient (Wildman–Crippen LogP) is 1.65. The Morgan fingerprint density at radius 2 is 2.20 bits per heavy atom. The Bertz CT molecular complexity index is 651. The molecule has 0 radical (unpaired) electrons. The molecule has 0 saturated carbocycles. The van der Waals surface area contributed by atoms with Gasteiger partial charge in [0.1, 0.15) is 5.75 Å². The normalized spacial score (nSPS) is 12.2. The Kier molecular flexibility index (Phi) is 4.88. The van der Waals surface area contributed by atoms with E-state index in [9.17, 15) is 18.5 Å². The average Bonchev–Trinajstić information content (AvgIpc) is 2.39. The van der Waals surface area contributed by atoms with Crippen LogP contribution in [0.4, 0.5) is 11.4 Å². The Balaban J connectivity index is 3.16. The molecule has 0 aliphatic heterocycles. The van der Waals surface area contributed by atoms with Crippen LogP contribution in [0.1, 0.15) is 13.3 Å². The van der Waals surface area contributed by atoms with Crippen LogP contribution in [0.5, 0.6) is 5.75 Å². The van der Waals surface area contributed by atoms with E-state index in [1.54, 1.807) is 13.0 Å². The van der Waals surface area contributed by atoms with Crippen molar-refractivity contribution in [2.24, 2.45) is 0 Å². The van der Waals surface area contributed by atoms with Crippen molar-refractivity contribution < 1.29 is 18.1 Å². The first-order valence-corrected chi connectivity index (χ1v) is 7.14. The van der Waals surface area contributed by atoms with Gasteiger partial charge >= 0.3 is 0 Å². The van der Waals surface area contributed by atoms with Crippen molar-refractivity contribution >= 4 is 21.4 Å². The number of rotatable bonds is 6. The maximum absolute atomic E-state index is 11.9. The number of methoxy groups -OCH3 is 1. The van der Waals surface area contributed by atoms with E-state index in [1.807, 2.05) is 0 Å². The number of nitrogens with one attached hydrogen (secondary N) is 1. The van der Waals surface area contributed by atoms with Crippen LogP contribution in [0.25, 0.3) is 0 Å². The molecule has 0 aliphatic rings. The SMILES string of the molecule is CCC(C#N)S(=O)(=O)Nc1ccc([N+](=O)[O-])cc1OC. The molecule has 1 unspecified atom stereocenters. The van der Waals surface area contributed by atoms with Crippen molar-refractivity contribution in [3.63, 3.8) is 0 Å². The van der Waals surface area contributed by atoms with E-state index >= 15 is 0 Å². The summed E-state index contributed by atoms with van der Waals surface area (Å²) in [6.07, 6.45) is 0.126. The van der Waals surface area contributed by atoms with Crippen molar-refractivity contribution in [3.05, 3.63) is 28.3 Å². The Morgan fingerprint density at radius 3 is 2.65 bits per heavy atom. The molecular formula is C11H13N3O5S. The average molecular weight is 299 g/mol. The smallest absolute Gasteiger partial charge is 0.273 e. The molecule has 1 rings (SSSR count). The molecule has 9 heteroatoms. The lowest BCUT2D eigenvalue weighted by molar-refractivity contribution is -0.384. The van der Waals surface area contributed by atoms with E-state index in [4.69, 9.17) is 10.00 Å². The number of benzene rings is 1. The van der Waals surface area contributed by atoms with Crippen molar-refractivity contribution in [2.45, 2.75) is 18.6 Å². The molecule has 8 nitrogen and oxygen atoms in total. The number of sulfonamides is 1. The molecule has 108 valence electrons. The molecule has 1 aromatic rings. The van der Waals surface area contributed by atoms with Crippen LogP contribution in [-0.2, 0) is 10.0 Å². The number of nitro groups is 1. The van der Waals surface area contributed by atoms with Gasteiger partial charge in [0.2, 0.25) is 10.0 Å². The van der Waals surface area contributed by atoms with Gasteiger partial charge in [-0.25, -0.2) is 8.42 Å². The predicted molar refractivity (Wildman–Crippen MR) is 71.9 cm³/mol. The molecule has 0 bridgehead atoms. The molecule has 1 atom stereocenters. The van der Waals surface area contributed by atoms with Gasteiger partial charge in [0, 0.05) is 6.07 Å². The summed E-state index contributed by atoms with van der Waals surface area (Å²) in [5, 5.41) is 18.2. The lowest BCUT2D eigenvalue weighted by atomic mass is 10.2. The fourth-order valence-corrected chi connectivity index (χ4v) is 2.68. The number of nitriles is 1. The zero-order valence-corrected chi connectivity index (χ0v) is 11.7. The van der Waals surface area contributed by atoms with E-state index in [2.05, 4.69) is 4.72 Å². The van der Waals surface area contributed by atoms with E-state index in [-0.39, 0.29) is 23.5 Å². The van der Waals surface area contributed by atoms with Gasteiger partial charge in [-0.2, -0.15) is 5.26 Å². The van der Waals surface area contributed by atoms with Gasteiger partial charge < -0.3 is 4.74 Å². The molecule has 0 spiro atoms. The highest BCUT2D eigenvalue weighted by Crippen LogP contribution is 2.30. The summed E-state index contributed by atoms with van der Waals surface area (Å²) >= 11 is 0. The quantitative estimate of drug-likeness (QED) is 0.629. The van der Waals surface area contributed by atoms with Crippen molar-refractivity contribution in [1.82, 2.24) is 0 Å². The topological polar surface area (TPSA) is 122 Å². The number of hydrogen-bond donors (Lipinski definition) is 1. The maximum Gasteiger partial charge on any atom is 0.273 e. The highest BCUT2D eigenvalue weighted by molar-refractivity contribution is 7.93. The molecule has 20 heavy (non-hydrogen) atoms. The van der Waals surface area contributed by atoms with Gasteiger partial charge in [-0.15, -0.1) is 0 Å². The van der Waals surface area contributed by atoms with Crippen LogP contribution in [0.3, 0.4) is 0 Å². The van der Waals surface area contributed by atoms with E-state index < -0.39 is 20.2 Å². The van der Waals surface area contributed by atoms with Crippen LogP contribution < -0.4 is 9.46 Å². The first-order valence-electron chi connectivity index (χ1n) is 5.59. The Labute approximate surface area is 116 Å². The van der Waals surface area contributed by atoms with Gasteiger partial charge in [-0.3, -0.25) is 14.8 Å². The molecule has 0 aromatic heterocycles. The zero-order chi connectivity index (χ0) is 15.3. The second kappa shape index (κ2) is 6.21. The summed E-state index contributed by atoms with van der Waals surface area (Å²) in [7, 11) is -2.64. The van der Waals surface area contributed by atoms with Crippen LogP contribution >= 0.6 is 0 Å². The third-order valence-corrected chi connectivity index (χ3v) is 4.23. The molecular weight excluding hydrogens is 286 g/mol. The highest BCUT2D eigenvalue weighted by Gasteiger charge is 2.25. The first kappa shape index (κ1) is 15.7. The van der Waals surface area contributed by atoms with E-state index in [1.165, 1.54) is 13.2 Å². The van der Waals surface area contributed by atoms with E-state index in [0.717, 1.165) is 12.1 Å². The lowest BCUT2D eigenvalue weighted by Gasteiger charge is -2.13. The zero-order valence-electron chi connectivity index (χ0n) is 10.9. The van der Waals surface area contributed by atoms with Crippen LogP contribution in [0, 0.1) is 21.4 Å². The summed E-state index contributed by atoms with van der Waals surface area (Å²) in [6.45, 7) is 1.57. The molecule has 0 fully saturated rings. The van der Waals surface area contributed by atoms with Gasteiger partial charge in [0.05, 0.1) is 29.9 Å². The highest BCUT2D eigenvalue weighted by atomic mass is 32.2. The maximum atomic E-state index is 11.9. The standard InChI is InChI=1S/C11H13N3O5S/c1-3-9(7-12)20(17,18)13-10-5-4-8(14(15)16)6-11(10)19-2/h4-6,9,13H,3H2,1-2H3. The largest absolute Gasteiger partial charge is 0.494 e. The van der Waals surface area contributed by atoms with Gasteiger partial charge in [0.25, 0.3) is 5.69 Å². The Hall–Kier alpha value is -2.34. The fraction of sp³-hybridized carbons (Fsp3) is 0.364. The third-order valence-electron chi connectivity index (χ3n) is 2.54. The Morgan fingerprint density at radius 1 is 1.55 bits per heavy atom. The van der Waals surface area contributed by atoms with Gasteiger partial charge in [-0.05, 0) is 12.5 Å². The number of anilines is 1. The number of hydrogen-bond acceptors (Lipinski definition) is 6. The van der Waals surface area contributed by atoms with Crippen molar-refractivity contribution in [1.29, 1.82) is 5.26 Å². The second-order valence-electron chi connectivity index (χ2n) is 3.81. The molecule has 0 saturated heterocycles. The second-order valence-corrected chi connectivity index (χ2v) is 5.68. The number of non-ortho nitro benzene ring substituents is 1. The minimum atomic E-state index is -3.90. The van der Waals surface area contributed by atoms with Crippen molar-refractivity contribution in [2.75, 3.05) is 11.8 Å². The van der Waals surface area contributed by atoms with Crippen LogP contribution in [0.15, 0.2) is 18.2 Å². The summed E-state index contributed by atoms with van der Waals surface area (Å²) in [5.74, 6) is 0.00979. The minimum Gasteiger partial charge on any atom is -0.494 e. The van der Waals surface area contributed by atoms with Gasteiger partial charge in [-0.1, -0.05) is 6.92 Å². The minimum absolute atomic E-state index is 0.00979. The molecule has 1 N–H and O–H groups in total. The fourth-order valence-electron chi connectivity index (χ4n) is 1.48. The molecule has 0 amide bonds. The summed E-state index contributed by atoms with van der Waals surface area (Å²) < 4.78 is 31.0. The van der Waals surface area contributed by atoms with Crippen LogP contribution in [-0.4, -0.2) is 25.7 Å². The summed E-state index contributed by atoms with van der Waals surface area (Å²) in [4.78, 5) is 10.0. The van der Waals surface area contributed by atoms with Gasteiger partial charge in [0.15, 0.2) is 5.25 Å². The molecule has 0 aliphatic carbocycles.